The molecule has 2 saturated heterocycles. The molecule has 9 N–H and O–H groups in total. The molecule has 0 radical (unpaired) electrons. The van der Waals surface area contributed by atoms with Crippen molar-refractivity contribution in [1.82, 2.24) is 29.8 Å². The van der Waals surface area contributed by atoms with Crippen LogP contribution in [0.2, 0.25) is 0 Å². The second-order valence-electron chi connectivity index (χ2n) is 10.3. The van der Waals surface area contributed by atoms with Crippen LogP contribution in [0.1, 0.15) is 33.9 Å². The van der Waals surface area contributed by atoms with Crippen molar-refractivity contribution in [3.63, 3.8) is 0 Å². The summed E-state index contributed by atoms with van der Waals surface area (Å²) in [6.07, 6.45) is 2.39. The van der Waals surface area contributed by atoms with Gasteiger partial charge >= 0.3 is 7.82 Å². The summed E-state index contributed by atoms with van der Waals surface area (Å²) in [5.74, 6) is 0.333. The highest BCUT2D eigenvalue weighted by atomic mass is 31.2. The van der Waals surface area contributed by atoms with E-state index in [2.05, 4.69) is 60.9 Å². The smallest absolute Gasteiger partial charge is 0.412 e. The summed E-state index contributed by atoms with van der Waals surface area (Å²) in [6, 6.07) is 3.72. The molecule has 19 heteroatoms. The first kappa shape index (κ1) is 32.6. The molecule has 6 atom stereocenters. The third kappa shape index (κ3) is 7.46. The lowest BCUT2D eigenvalue weighted by Gasteiger charge is -2.27. The lowest BCUT2D eigenvalue weighted by atomic mass is 9.88. The molecule has 3 aromatic heterocycles. The van der Waals surface area contributed by atoms with Gasteiger partial charge in [0.25, 0.3) is 5.56 Å². The minimum Gasteiger partial charge on any atom is -0.412 e. The Morgan fingerprint density at radius 1 is 1.38 bits per heavy atom. The molecule has 0 aromatic carbocycles. The third-order valence-electron chi connectivity index (χ3n) is 6.38. The minimum absolute atomic E-state index is 0. The Kier molecular flexibility index (Phi) is 10.0. The number of guanidine groups is 1. The number of aromatic amines is 1. The van der Waals surface area contributed by atoms with Crippen molar-refractivity contribution < 1.29 is 33.8 Å². The van der Waals surface area contributed by atoms with Gasteiger partial charge in [0.2, 0.25) is 11.9 Å². The van der Waals surface area contributed by atoms with Crippen molar-refractivity contribution in [3.05, 3.63) is 41.2 Å². The molecule has 0 amide bonds. The summed E-state index contributed by atoms with van der Waals surface area (Å²) in [4.78, 5) is 39.7. The first-order chi connectivity index (χ1) is 19.3. The van der Waals surface area contributed by atoms with E-state index < -0.39 is 37.9 Å². The zero-order chi connectivity index (χ0) is 29.9. The number of phosphoric acid groups is 1. The number of nitrogen functional groups attached to an aromatic ring is 1. The van der Waals surface area contributed by atoms with Crippen molar-refractivity contribution in [2.24, 2.45) is 10.4 Å². The summed E-state index contributed by atoms with van der Waals surface area (Å²) in [5, 5.41) is 24.7. The fourth-order valence-corrected chi connectivity index (χ4v) is 4.77. The minimum atomic E-state index is -4.22. The van der Waals surface area contributed by atoms with Gasteiger partial charge in [-0.25, -0.2) is 14.5 Å². The average Bonchev–Trinajstić information content (AvgIpc) is 3.45. The molecule has 0 spiro atoms. The highest BCUT2D eigenvalue weighted by molar-refractivity contribution is 7.47. The predicted molar refractivity (Wildman–Crippen MR) is 150 cm³/mol. The molecule has 2 unspecified atom stereocenters. The Morgan fingerprint density at radius 3 is 2.71 bits per heavy atom. The Bertz CT molecular complexity index is 1550. The summed E-state index contributed by atoms with van der Waals surface area (Å²) in [7, 11) is -4.22. The van der Waals surface area contributed by atoms with Gasteiger partial charge in [0.15, 0.2) is 23.6 Å². The Balaban J connectivity index is 0.000000233. The molecule has 2 aliphatic heterocycles. The van der Waals surface area contributed by atoms with E-state index in [4.69, 9.17) is 20.3 Å². The summed E-state index contributed by atoms with van der Waals surface area (Å²) < 4.78 is 27.9. The molecule has 5 rings (SSSR count). The number of anilines is 2. The van der Waals surface area contributed by atoms with Gasteiger partial charge in [0.05, 0.1) is 19.0 Å². The predicted octanol–water partition coefficient (Wildman–Crippen LogP) is 0.00598. The van der Waals surface area contributed by atoms with Gasteiger partial charge in [0.1, 0.15) is 18.3 Å². The van der Waals surface area contributed by atoms with Crippen LogP contribution in [0.5, 0.6) is 0 Å². The average molecular weight is 609 g/mol. The van der Waals surface area contributed by atoms with Crippen LogP contribution in [-0.2, 0) is 18.3 Å². The van der Waals surface area contributed by atoms with Crippen LogP contribution in [0, 0.1) is 16.9 Å². The molecule has 0 saturated carbocycles. The number of imidazole rings is 1. The van der Waals surface area contributed by atoms with Gasteiger partial charge in [-0.1, -0.05) is 20.8 Å². The number of aliphatic imine (C=N–C) groups is 1. The lowest BCUT2D eigenvalue weighted by Crippen LogP contribution is -2.39. The van der Waals surface area contributed by atoms with E-state index in [1.165, 1.54) is 10.9 Å². The maximum Gasteiger partial charge on any atom is 0.472 e. The number of aliphatic hydroxyl groups is 1. The van der Waals surface area contributed by atoms with Crippen molar-refractivity contribution in [1.29, 1.82) is 5.26 Å². The van der Waals surface area contributed by atoms with E-state index >= 15 is 0 Å². The second-order valence-corrected chi connectivity index (χ2v) is 11.7. The van der Waals surface area contributed by atoms with Crippen LogP contribution in [0.3, 0.4) is 0 Å². The van der Waals surface area contributed by atoms with E-state index in [1.807, 2.05) is 25.2 Å². The number of nitriles is 1. The Labute approximate surface area is 239 Å². The monoisotopic (exact) mass is 608 g/mol. The molecular weight excluding hydrogens is 575 g/mol. The number of nitrogens with one attached hydrogen (secondary N) is 3. The second kappa shape index (κ2) is 12.9. The molecule has 0 bridgehead atoms. The molecule has 0 aliphatic carbocycles. The van der Waals surface area contributed by atoms with Crippen LogP contribution < -0.4 is 21.9 Å². The Morgan fingerprint density at radius 2 is 2.07 bits per heavy atom. The van der Waals surface area contributed by atoms with Crippen LogP contribution in [0.25, 0.3) is 11.2 Å². The number of pyridine rings is 1. The first-order valence-corrected chi connectivity index (χ1v) is 13.9. The number of nitrogens with two attached hydrogens (primary N) is 1. The van der Waals surface area contributed by atoms with Crippen LogP contribution >= 0.6 is 7.82 Å². The standard InChI is InChI=1S/C13H19N5.C10H12N5O7P.H2O/c1-10(13(2,3)4)17-12(16-9-14)18-11-5-7-15-8-6-11;11-10-13-7-4(8(17)14-10)12-2-15(7)9-5(16)6-3(21-9)1-20-23(18,19)22-6;/h5-8,10H,1-4H3,(H2,15,16,17,18);2-3,5-6,9,16H,1H2,(H,18,19)(H3,11,13,14,17);1H2/t;3-,5-,6-,9-;/m.1./s1. The quantitative estimate of drug-likeness (QED) is 0.0751. The summed E-state index contributed by atoms with van der Waals surface area (Å²) >= 11 is 0. The normalized spacial score (nSPS) is 26.2. The van der Waals surface area contributed by atoms with Crippen molar-refractivity contribution in [2.45, 2.75) is 58.3 Å². The van der Waals surface area contributed by atoms with E-state index in [0.29, 0.717) is 5.96 Å². The molecule has 228 valence electrons. The molecule has 42 heavy (non-hydrogen) atoms. The first-order valence-electron chi connectivity index (χ1n) is 12.4. The number of hydrogen-bond donors (Lipinski definition) is 6. The Hall–Kier alpha value is -3.95. The fourth-order valence-electron chi connectivity index (χ4n) is 3.80. The summed E-state index contributed by atoms with van der Waals surface area (Å²) in [6.45, 7) is 8.13. The van der Waals surface area contributed by atoms with E-state index in [0.717, 1.165) is 5.69 Å². The number of hydrogen-bond acceptors (Lipinski definition) is 12. The number of phosphoric ester groups is 1. The molecule has 3 aromatic rings. The van der Waals surface area contributed by atoms with Crippen molar-refractivity contribution in [2.75, 3.05) is 17.7 Å². The van der Waals surface area contributed by atoms with E-state index in [-0.39, 0.29) is 40.7 Å². The van der Waals surface area contributed by atoms with Crippen LogP contribution in [0.4, 0.5) is 11.6 Å². The van der Waals surface area contributed by atoms with Gasteiger partial charge in [-0.05, 0) is 24.5 Å². The van der Waals surface area contributed by atoms with Gasteiger partial charge < -0.3 is 31.3 Å². The number of H-pyrrole nitrogens is 1. The van der Waals surface area contributed by atoms with Gasteiger partial charge in [0, 0.05) is 18.1 Å². The largest absolute Gasteiger partial charge is 0.472 e. The van der Waals surface area contributed by atoms with E-state index in [1.54, 1.807) is 12.4 Å². The summed E-state index contributed by atoms with van der Waals surface area (Å²) in [5.41, 5.74) is 6.00. The molecule has 5 heterocycles. The maximum atomic E-state index is 11.8. The molecule has 18 nitrogen and oxygen atoms in total. The number of fused-ring (bicyclic) bond motifs is 2. The maximum absolute atomic E-state index is 11.8. The number of aromatic nitrogens is 5. The zero-order valence-electron chi connectivity index (χ0n) is 23.1. The zero-order valence-corrected chi connectivity index (χ0v) is 24.0. The van der Waals surface area contributed by atoms with E-state index in [9.17, 15) is 19.4 Å². The highest BCUT2D eigenvalue weighted by Gasteiger charge is 2.52. The van der Waals surface area contributed by atoms with Gasteiger partial charge in [-0.15, -0.1) is 0 Å². The van der Waals surface area contributed by atoms with Crippen LogP contribution in [0.15, 0.2) is 40.6 Å². The molecule has 2 aliphatic rings. The third-order valence-corrected chi connectivity index (χ3v) is 7.37. The van der Waals surface area contributed by atoms with Crippen molar-refractivity contribution >= 4 is 36.6 Å². The molecular formula is C23H33N10O8P. The van der Waals surface area contributed by atoms with Crippen molar-refractivity contribution in [3.8, 4) is 6.19 Å². The van der Waals surface area contributed by atoms with Crippen LogP contribution in [-0.4, -0.2) is 76.9 Å². The lowest BCUT2D eigenvalue weighted by molar-refractivity contribution is -0.0664. The number of rotatable bonds is 3. The number of ether oxygens (including phenoxy) is 1. The highest BCUT2D eigenvalue weighted by Crippen LogP contribution is 2.52. The SMILES string of the molecule is CC(N=C(NC#N)Nc1ccncc1)C(C)(C)C.Nc1nc2c(ncn2[C@@H]2O[C@@H]3COP(=O)(O)O[C@H]3[C@H]2O)c(=O)[nH]1.O. The topological polar surface area (TPSA) is 279 Å². The fraction of sp³-hybridized carbons (Fsp3) is 0.478. The van der Waals surface area contributed by atoms with Gasteiger partial charge in [-0.3, -0.25) is 33.7 Å². The number of aliphatic hydroxyl groups excluding tert-OH is 1. The molecule has 2 fully saturated rings. The van der Waals surface area contributed by atoms with Gasteiger partial charge in [-0.2, -0.15) is 10.2 Å². The number of nitrogens with zero attached hydrogens (tertiary/aromatic N) is 6.